The molecule has 1 heterocycles. The maximum atomic E-state index is 5.57. The summed E-state index contributed by atoms with van der Waals surface area (Å²) in [4.78, 5) is 8.79. The Balaban J connectivity index is 2.45. The molecule has 0 saturated carbocycles. The highest BCUT2D eigenvalue weighted by molar-refractivity contribution is 5.32. The molecule has 4 heteroatoms. The molecule has 0 unspecified atom stereocenters. The molecular weight excluding hydrogens is 190 g/mol. The topological polar surface area (TPSA) is 61.0 Å². The molecule has 1 aliphatic rings. The van der Waals surface area contributed by atoms with Gasteiger partial charge in [0.05, 0.1) is 19.3 Å². The number of aromatic nitrogens is 2. The van der Waals surface area contributed by atoms with E-state index < -0.39 is 0 Å². The van der Waals surface area contributed by atoms with E-state index in [1.807, 2.05) is 0 Å². The van der Waals surface area contributed by atoms with E-state index in [9.17, 15) is 0 Å². The van der Waals surface area contributed by atoms with Gasteiger partial charge < -0.3 is 10.5 Å². The zero-order valence-electron chi connectivity index (χ0n) is 9.12. The highest BCUT2D eigenvalue weighted by Crippen LogP contribution is 2.25. The first-order valence-corrected chi connectivity index (χ1v) is 5.48. The molecule has 0 saturated heterocycles. The number of fused-ring (bicyclic) bond motifs is 1. The van der Waals surface area contributed by atoms with Crippen molar-refractivity contribution in [3.63, 3.8) is 0 Å². The molecule has 1 aromatic rings. The van der Waals surface area contributed by atoms with Crippen molar-refractivity contribution in [1.29, 1.82) is 0 Å². The predicted octanol–water partition coefficient (Wildman–Crippen LogP) is 1.21. The largest absolute Gasteiger partial charge is 0.481 e. The van der Waals surface area contributed by atoms with Crippen molar-refractivity contribution in [2.24, 2.45) is 5.73 Å². The van der Waals surface area contributed by atoms with Gasteiger partial charge in [0.15, 0.2) is 0 Å². The molecule has 0 atom stereocenters. The summed E-state index contributed by atoms with van der Waals surface area (Å²) in [5.74, 6) is 1.41. The van der Waals surface area contributed by atoms with E-state index in [1.54, 1.807) is 7.11 Å². The maximum absolute atomic E-state index is 5.57. The van der Waals surface area contributed by atoms with Gasteiger partial charge in [0.2, 0.25) is 5.88 Å². The van der Waals surface area contributed by atoms with Crippen LogP contribution in [0.15, 0.2) is 0 Å². The van der Waals surface area contributed by atoms with Crippen LogP contribution in [0, 0.1) is 0 Å². The van der Waals surface area contributed by atoms with Gasteiger partial charge >= 0.3 is 0 Å². The number of hydrogen-bond acceptors (Lipinski definition) is 4. The van der Waals surface area contributed by atoms with Gasteiger partial charge in [0, 0.05) is 5.56 Å². The lowest BCUT2D eigenvalue weighted by Crippen LogP contribution is -2.10. The smallest absolute Gasteiger partial charge is 0.219 e. The van der Waals surface area contributed by atoms with Crippen molar-refractivity contribution < 1.29 is 4.74 Å². The standard InChI is InChI=1S/C11H17N3O/c1-15-11-8-5-3-2-4-6-9(8)13-10(7-12)14-11/h2-7,12H2,1H3. The van der Waals surface area contributed by atoms with Gasteiger partial charge in [-0.15, -0.1) is 0 Å². The Labute approximate surface area is 89.9 Å². The quantitative estimate of drug-likeness (QED) is 0.740. The first-order valence-electron chi connectivity index (χ1n) is 5.48. The maximum Gasteiger partial charge on any atom is 0.219 e. The summed E-state index contributed by atoms with van der Waals surface area (Å²) in [5, 5.41) is 0. The summed E-state index contributed by atoms with van der Waals surface area (Å²) in [6, 6.07) is 0. The van der Waals surface area contributed by atoms with Crippen LogP contribution in [-0.2, 0) is 19.4 Å². The molecule has 4 nitrogen and oxygen atoms in total. The Kier molecular flexibility index (Phi) is 3.16. The van der Waals surface area contributed by atoms with Crippen molar-refractivity contribution in [2.75, 3.05) is 7.11 Å². The monoisotopic (exact) mass is 207 g/mol. The fourth-order valence-electron chi connectivity index (χ4n) is 2.05. The lowest BCUT2D eigenvalue weighted by molar-refractivity contribution is 0.388. The Morgan fingerprint density at radius 3 is 2.73 bits per heavy atom. The Morgan fingerprint density at radius 1 is 1.20 bits per heavy atom. The number of hydrogen-bond donors (Lipinski definition) is 1. The van der Waals surface area contributed by atoms with E-state index in [0.717, 1.165) is 24.4 Å². The van der Waals surface area contributed by atoms with Crippen LogP contribution in [0.5, 0.6) is 5.88 Å². The Hall–Kier alpha value is -1.16. The molecule has 0 aromatic carbocycles. The summed E-state index contributed by atoms with van der Waals surface area (Å²) in [6.45, 7) is 0.379. The molecule has 0 aliphatic heterocycles. The van der Waals surface area contributed by atoms with Crippen molar-refractivity contribution in [1.82, 2.24) is 9.97 Å². The molecule has 0 fully saturated rings. The Bertz CT molecular complexity index is 352. The van der Waals surface area contributed by atoms with E-state index in [-0.39, 0.29) is 0 Å². The fourth-order valence-corrected chi connectivity index (χ4v) is 2.05. The molecule has 1 aliphatic carbocycles. The number of methoxy groups -OCH3 is 1. The Morgan fingerprint density at radius 2 is 2.00 bits per heavy atom. The number of nitrogens with zero attached hydrogens (tertiary/aromatic N) is 2. The van der Waals surface area contributed by atoms with Crippen LogP contribution in [0.4, 0.5) is 0 Å². The molecular formula is C11H17N3O. The van der Waals surface area contributed by atoms with Gasteiger partial charge in [-0.2, -0.15) is 4.98 Å². The van der Waals surface area contributed by atoms with E-state index in [1.165, 1.54) is 24.8 Å². The van der Waals surface area contributed by atoms with Crippen LogP contribution in [-0.4, -0.2) is 17.1 Å². The van der Waals surface area contributed by atoms with Crippen LogP contribution in [0.3, 0.4) is 0 Å². The van der Waals surface area contributed by atoms with Crippen molar-refractivity contribution >= 4 is 0 Å². The molecule has 0 bridgehead atoms. The van der Waals surface area contributed by atoms with Gasteiger partial charge in [-0.25, -0.2) is 4.98 Å². The van der Waals surface area contributed by atoms with Gasteiger partial charge in [0.1, 0.15) is 5.82 Å². The minimum Gasteiger partial charge on any atom is -0.481 e. The highest BCUT2D eigenvalue weighted by Gasteiger charge is 2.16. The third-order valence-corrected chi connectivity index (χ3v) is 2.82. The van der Waals surface area contributed by atoms with Crippen LogP contribution in [0.25, 0.3) is 0 Å². The lowest BCUT2D eigenvalue weighted by Gasteiger charge is -2.11. The average molecular weight is 207 g/mol. The van der Waals surface area contributed by atoms with Crippen LogP contribution >= 0.6 is 0 Å². The zero-order valence-corrected chi connectivity index (χ0v) is 9.12. The molecule has 2 rings (SSSR count). The van der Waals surface area contributed by atoms with E-state index in [4.69, 9.17) is 10.5 Å². The van der Waals surface area contributed by atoms with E-state index in [2.05, 4.69) is 9.97 Å². The number of nitrogens with two attached hydrogens (primary N) is 1. The van der Waals surface area contributed by atoms with Crippen molar-refractivity contribution in [3.8, 4) is 5.88 Å². The van der Waals surface area contributed by atoms with Crippen LogP contribution < -0.4 is 10.5 Å². The second-order valence-corrected chi connectivity index (χ2v) is 3.84. The summed E-state index contributed by atoms with van der Waals surface area (Å²) in [6.07, 6.45) is 5.73. The molecule has 0 amide bonds. The first kappa shape index (κ1) is 10.4. The normalized spacial score (nSPS) is 15.6. The number of rotatable bonds is 2. The minimum absolute atomic E-state index is 0.379. The molecule has 0 spiro atoms. The molecule has 82 valence electrons. The summed E-state index contributed by atoms with van der Waals surface area (Å²) >= 11 is 0. The predicted molar refractivity (Wildman–Crippen MR) is 57.7 cm³/mol. The second kappa shape index (κ2) is 4.57. The fraction of sp³-hybridized carbons (Fsp3) is 0.636. The molecule has 2 N–H and O–H groups in total. The summed E-state index contributed by atoms with van der Waals surface area (Å²) < 4.78 is 5.30. The molecule has 1 aromatic heterocycles. The SMILES string of the molecule is COc1nc(CN)nc2c1CCCCC2. The van der Waals surface area contributed by atoms with Gasteiger partial charge in [-0.3, -0.25) is 0 Å². The third-order valence-electron chi connectivity index (χ3n) is 2.82. The average Bonchev–Trinajstić information content (AvgIpc) is 2.52. The van der Waals surface area contributed by atoms with Gasteiger partial charge in [-0.1, -0.05) is 6.42 Å². The second-order valence-electron chi connectivity index (χ2n) is 3.84. The van der Waals surface area contributed by atoms with Crippen molar-refractivity contribution in [3.05, 3.63) is 17.1 Å². The number of aryl methyl sites for hydroxylation is 1. The molecule has 0 radical (unpaired) electrons. The first-order chi connectivity index (χ1) is 7.35. The zero-order chi connectivity index (χ0) is 10.7. The summed E-state index contributed by atoms with van der Waals surface area (Å²) in [7, 11) is 1.66. The van der Waals surface area contributed by atoms with Crippen LogP contribution in [0.2, 0.25) is 0 Å². The molecule has 15 heavy (non-hydrogen) atoms. The van der Waals surface area contributed by atoms with Crippen molar-refractivity contribution in [2.45, 2.75) is 38.6 Å². The third kappa shape index (κ3) is 2.09. The highest BCUT2D eigenvalue weighted by atomic mass is 16.5. The number of ether oxygens (including phenoxy) is 1. The van der Waals surface area contributed by atoms with Crippen LogP contribution in [0.1, 0.15) is 36.3 Å². The van der Waals surface area contributed by atoms with E-state index >= 15 is 0 Å². The minimum atomic E-state index is 0.379. The van der Waals surface area contributed by atoms with Gasteiger partial charge in [-0.05, 0) is 25.7 Å². The lowest BCUT2D eigenvalue weighted by atomic mass is 10.1. The van der Waals surface area contributed by atoms with E-state index in [0.29, 0.717) is 12.4 Å². The van der Waals surface area contributed by atoms with Gasteiger partial charge in [0.25, 0.3) is 0 Å². The summed E-state index contributed by atoms with van der Waals surface area (Å²) in [5.41, 5.74) is 7.89.